The van der Waals surface area contributed by atoms with Gasteiger partial charge in [-0.1, -0.05) is 152 Å². The van der Waals surface area contributed by atoms with Crippen molar-refractivity contribution in [3.63, 3.8) is 0 Å². The van der Waals surface area contributed by atoms with Crippen LogP contribution in [0.3, 0.4) is 0 Å². The van der Waals surface area contributed by atoms with Gasteiger partial charge in [-0.2, -0.15) is 0 Å². The van der Waals surface area contributed by atoms with E-state index in [0.717, 1.165) is 55.4 Å². The normalized spacial score (nSPS) is 12.0. The van der Waals surface area contributed by atoms with Crippen molar-refractivity contribution in [2.45, 2.75) is 0 Å². The number of hydrogen-bond acceptors (Lipinski definition) is 5. The molecule has 4 aromatic heterocycles. The third-order valence-electron chi connectivity index (χ3n) is 12.0. The van der Waals surface area contributed by atoms with Gasteiger partial charge in [-0.15, -0.1) is 11.3 Å². The van der Waals surface area contributed by atoms with Gasteiger partial charge in [0.25, 0.3) is 0 Å². The molecule has 5 nitrogen and oxygen atoms in total. The lowest BCUT2D eigenvalue weighted by molar-refractivity contribution is 1.07. The number of rotatable bonds is 4. The van der Waals surface area contributed by atoms with Crippen LogP contribution in [0.4, 0.5) is 0 Å². The maximum atomic E-state index is 5.55. The summed E-state index contributed by atoms with van der Waals surface area (Å²) in [6.45, 7) is 0. The van der Waals surface area contributed by atoms with Crippen LogP contribution in [-0.2, 0) is 0 Å². The second-order valence-electron chi connectivity index (χ2n) is 15.5. The van der Waals surface area contributed by atoms with Crippen molar-refractivity contribution < 1.29 is 0 Å². The second-order valence-corrected chi connectivity index (χ2v) is 16.5. The molecule has 4 heterocycles. The lowest BCUT2D eigenvalue weighted by Crippen LogP contribution is -2.00. The Balaban J connectivity index is 1.04. The summed E-state index contributed by atoms with van der Waals surface area (Å²) in [5, 5.41) is 12.1. The van der Waals surface area contributed by atoms with E-state index in [0.29, 0.717) is 17.5 Å². The zero-order valence-corrected chi connectivity index (χ0v) is 32.9. The summed E-state index contributed by atoms with van der Waals surface area (Å²) in [5.74, 6) is 1.91. The Bertz CT molecular complexity index is 3890. The van der Waals surface area contributed by atoms with Crippen molar-refractivity contribution >= 4 is 91.3 Å². The predicted molar refractivity (Wildman–Crippen MR) is 251 cm³/mol. The summed E-state index contributed by atoms with van der Waals surface area (Å²) in [7, 11) is 0. The molecule has 60 heavy (non-hydrogen) atoms. The van der Waals surface area contributed by atoms with E-state index in [1.165, 1.54) is 52.5 Å². The molecule has 0 amide bonds. The molecule has 0 N–H and O–H groups in total. The van der Waals surface area contributed by atoms with Crippen LogP contribution in [0.5, 0.6) is 0 Å². The fraction of sp³-hybridized carbons (Fsp3) is 0. The number of thiophene rings is 1. The number of nitrogens with zero attached hydrogens (tertiary/aromatic N) is 5. The van der Waals surface area contributed by atoms with E-state index in [9.17, 15) is 0 Å². The summed E-state index contributed by atoms with van der Waals surface area (Å²) >= 11 is 1.83. The summed E-state index contributed by atoms with van der Waals surface area (Å²) in [6, 6.07) is 66.8. The van der Waals surface area contributed by atoms with Crippen LogP contribution in [-0.4, -0.2) is 24.3 Å². The number of hydrogen-bond donors (Lipinski definition) is 0. The Morgan fingerprint density at radius 3 is 1.73 bits per heavy atom. The fourth-order valence-electron chi connectivity index (χ4n) is 9.03. The Kier molecular flexibility index (Phi) is 7.11. The molecule has 0 saturated heterocycles. The Morgan fingerprint density at radius 1 is 0.367 bits per heavy atom. The largest absolute Gasteiger partial charge is 0.291 e. The summed E-state index contributed by atoms with van der Waals surface area (Å²) in [5.41, 5.74) is 8.03. The molecule has 0 fully saturated rings. The maximum absolute atomic E-state index is 5.55. The topological polar surface area (TPSA) is 56.0 Å². The second kappa shape index (κ2) is 12.9. The number of pyridine rings is 1. The molecule has 0 aliphatic heterocycles. The predicted octanol–water partition coefficient (Wildman–Crippen LogP) is 14.3. The van der Waals surface area contributed by atoms with Gasteiger partial charge in [-0.25, -0.2) is 19.9 Å². The highest BCUT2D eigenvalue weighted by Crippen LogP contribution is 2.44. The first-order chi connectivity index (χ1) is 29.7. The third-order valence-corrected chi connectivity index (χ3v) is 13.1. The minimum atomic E-state index is 0.626. The molecule has 0 unspecified atom stereocenters. The van der Waals surface area contributed by atoms with E-state index >= 15 is 0 Å². The molecule has 0 aliphatic rings. The molecular weight excluding hydrogens is 751 g/mol. The first-order valence-corrected chi connectivity index (χ1v) is 20.9. The highest BCUT2D eigenvalue weighted by molar-refractivity contribution is 7.26. The maximum Gasteiger partial charge on any atom is 0.164 e. The summed E-state index contributed by atoms with van der Waals surface area (Å²) in [4.78, 5) is 20.7. The van der Waals surface area contributed by atoms with Gasteiger partial charge in [-0.05, 0) is 79.7 Å². The van der Waals surface area contributed by atoms with E-state index in [1.54, 1.807) is 0 Å². The van der Waals surface area contributed by atoms with Crippen molar-refractivity contribution in [1.29, 1.82) is 0 Å². The summed E-state index contributed by atoms with van der Waals surface area (Å²) < 4.78 is 4.81. The molecule has 13 aromatic rings. The van der Waals surface area contributed by atoms with Gasteiger partial charge in [0.05, 0.1) is 21.4 Å². The molecule has 0 bridgehead atoms. The van der Waals surface area contributed by atoms with Gasteiger partial charge >= 0.3 is 0 Å². The molecule has 6 heteroatoms. The average molecular weight is 782 g/mol. The molecular formula is C54H31N5S. The standard InChI is InChI=1S/C54H31N5S/c1-2-12-35(13-3-1)51-56-52(58-53(57-51)41-23-18-32-10-4-5-14-37(32)29-41)36-21-19-34(20-22-36)46-31-44-48-42-17-9-8-11-33(42)25-27-47(48)60-50(44)54-55-49-43-30-39-16-7-6-15-38(39)28-40(43)24-26-45(49)59(46)54/h1-31H. The first kappa shape index (κ1) is 33.2. The molecule has 13 rings (SSSR count). The van der Waals surface area contributed by atoms with Crippen molar-refractivity contribution in [1.82, 2.24) is 24.3 Å². The van der Waals surface area contributed by atoms with Crippen LogP contribution in [0.25, 0.3) is 125 Å². The van der Waals surface area contributed by atoms with Crippen LogP contribution in [0.1, 0.15) is 0 Å². The minimum absolute atomic E-state index is 0.626. The number of aromatic nitrogens is 5. The van der Waals surface area contributed by atoms with Gasteiger partial charge in [0, 0.05) is 37.5 Å². The average Bonchev–Trinajstić information content (AvgIpc) is 3.90. The Hall–Kier alpha value is -7.80. The van der Waals surface area contributed by atoms with E-state index in [-0.39, 0.29) is 0 Å². The van der Waals surface area contributed by atoms with Crippen LogP contribution < -0.4 is 0 Å². The van der Waals surface area contributed by atoms with Gasteiger partial charge in [0.1, 0.15) is 0 Å². The van der Waals surface area contributed by atoms with Crippen molar-refractivity contribution in [2.24, 2.45) is 0 Å². The first-order valence-electron chi connectivity index (χ1n) is 20.1. The fourth-order valence-corrected chi connectivity index (χ4v) is 10.2. The summed E-state index contributed by atoms with van der Waals surface area (Å²) in [6.07, 6.45) is 0. The van der Waals surface area contributed by atoms with Crippen LogP contribution >= 0.6 is 11.3 Å². The van der Waals surface area contributed by atoms with Gasteiger partial charge in [0.2, 0.25) is 0 Å². The van der Waals surface area contributed by atoms with Gasteiger partial charge in [-0.3, -0.25) is 4.40 Å². The Labute approximate surface area is 347 Å². The van der Waals surface area contributed by atoms with E-state index in [1.807, 2.05) is 41.7 Å². The minimum Gasteiger partial charge on any atom is -0.291 e. The monoisotopic (exact) mass is 781 g/mol. The molecule has 0 radical (unpaired) electrons. The number of fused-ring (bicyclic) bond motifs is 13. The highest BCUT2D eigenvalue weighted by Gasteiger charge is 2.21. The van der Waals surface area contributed by atoms with Gasteiger partial charge in [0.15, 0.2) is 23.1 Å². The smallest absolute Gasteiger partial charge is 0.164 e. The number of imidazole rings is 1. The number of benzene rings is 9. The van der Waals surface area contributed by atoms with Crippen molar-refractivity contribution in [3.05, 3.63) is 188 Å². The van der Waals surface area contributed by atoms with E-state index < -0.39 is 0 Å². The van der Waals surface area contributed by atoms with Crippen molar-refractivity contribution in [2.75, 3.05) is 0 Å². The lowest BCUT2D eigenvalue weighted by atomic mass is 10.0. The SMILES string of the molecule is c1ccc(-c2nc(-c3ccc(-c4cc5c(sc6ccc7ccccc7c65)c5nc6c7cc8ccccc8cc7ccc6n45)cc3)nc(-c3ccc4ccccc4c3)n2)cc1. The Morgan fingerprint density at radius 2 is 0.950 bits per heavy atom. The molecule has 0 aliphatic carbocycles. The molecule has 0 atom stereocenters. The van der Waals surface area contributed by atoms with Gasteiger partial charge < -0.3 is 0 Å². The van der Waals surface area contributed by atoms with E-state index in [4.69, 9.17) is 19.9 Å². The van der Waals surface area contributed by atoms with Crippen LogP contribution in [0, 0.1) is 0 Å². The highest BCUT2D eigenvalue weighted by atomic mass is 32.1. The third kappa shape index (κ3) is 5.11. The van der Waals surface area contributed by atoms with Crippen LogP contribution in [0.2, 0.25) is 0 Å². The molecule has 278 valence electrons. The molecule has 0 spiro atoms. The van der Waals surface area contributed by atoms with Crippen LogP contribution in [0.15, 0.2) is 188 Å². The molecule has 9 aromatic carbocycles. The quantitative estimate of drug-likeness (QED) is 0.167. The zero-order chi connectivity index (χ0) is 39.3. The van der Waals surface area contributed by atoms with Crippen molar-refractivity contribution in [3.8, 4) is 45.4 Å². The molecule has 0 saturated carbocycles. The van der Waals surface area contributed by atoms with E-state index in [2.05, 4.69) is 162 Å². The lowest BCUT2D eigenvalue weighted by Gasteiger charge is -2.11. The zero-order valence-electron chi connectivity index (χ0n) is 32.0.